The Kier molecular flexibility index (Phi) is 2.70. The summed E-state index contributed by atoms with van der Waals surface area (Å²) in [5, 5.41) is 10.4. The zero-order chi connectivity index (χ0) is 9.26. The van der Waals surface area contributed by atoms with Crippen LogP contribution in [0.5, 0.6) is 0 Å². The number of rotatable bonds is 3. The Morgan fingerprint density at radius 2 is 2.08 bits per heavy atom. The van der Waals surface area contributed by atoms with Crippen molar-refractivity contribution >= 4 is 15.9 Å². The molecule has 1 aromatic rings. The highest BCUT2D eigenvalue weighted by molar-refractivity contribution is 9.09. The number of alkyl halides is 1. The minimum absolute atomic E-state index is 0.350. The molecular weight excluding hydrogens is 228 g/mol. The fraction of sp³-hybridized carbons (Fsp3) is 0.455. The van der Waals surface area contributed by atoms with Crippen LogP contribution in [0.2, 0.25) is 0 Å². The molecule has 1 aromatic carbocycles. The van der Waals surface area contributed by atoms with Crippen LogP contribution in [0, 0.1) is 0 Å². The summed E-state index contributed by atoms with van der Waals surface area (Å²) in [6.45, 7) is 0. The first kappa shape index (κ1) is 9.22. The summed E-state index contributed by atoms with van der Waals surface area (Å²) in [6.07, 6.45) is 2.22. The maximum atomic E-state index is 9.74. The maximum Gasteiger partial charge on any atom is 0.0889 e. The Bertz CT molecular complexity index is 294. The second kappa shape index (κ2) is 3.81. The van der Waals surface area contributed by atoms with Crippen LogP contribution in [0.25, 0.3) is 0 Å². The largest absolute Gasteiger partial charge is 0.388 e. The zero-order valence-corrected chi connectivity index (χ0v) is 9.00. The lowest BCUT2D eigenvalue weighted by Crippen LogP contribution is -2.01. The molecule has 13 heavy (non-hydrogen) atoms. The highest BCUT2D eigenvalue weighted by atomic mass is 79.9. The molecule has 70 valence electrons. The van der Waals surface area contributed by atoms with Crippen LogP contribution in [-0.2, 0) is 0 Å². The lowest BCUT2D eigenvalue weighted by molar-refractivity contribution is 0.204. The van der Waals surface area contributed by atoms with E-state index in [1.165, 1.54) is 18.4 Å². The van der Waals surface area contributed by atoms with E-state index in [-0.39, 0.29) is 6.10 Å². The van der Waals surface area contributed by atoms with Crippen LogP contribution < -0.4 is 0 Å². The van der Waals surface area contributed by atoms with Gasteiger partial charge in [0.25, 0.3) is 0 Å². The average Bonchev–Trinajstić information content (AvgIpc) is 3.00. The molecular formula is C11H13BrO. The van der Waals surface area contributed by atoms with Gasteiger partial charge in [-0.1, -0.05) is 40.2 Å². The fourth-order valence-electron chi connectivity index (χ4n) is 1.66. The van der Waals surface area contributed by atoms with Crippen LogP contribution in [0.1, 0.15) is 36.0 Å². The second-order valence-electron chi connectivity index (χ2n) is 3.57. The number of hydrogen-bond donors (Lipinski definition) is 1. The summed E-state index contributed by atoms with van der Waals surface area (Å²) in [7, 11) is 0. The fourth-order valence-corrected chi connectivity index (χ4v) is 2.01. The summed E-state index contributed by atoms with van der Waals surface area (Å²) in [5.74, 6) is 0.713. The topological polar surface area (TPSA) is 20.2 Å². The van der Waals surface area contributed by atoms with Gasteiger partial charge in [0.15, 0.2) is 0 Å². The Hall–Kier alpha value is -0.340. The number of halogens is 1. The third-order valence-electron chi connectivity index (χ3n) is 2.52. The van der Waals surface area contributed by atoms with Gasteiger partial charge in [0.1, 0.15) is 0 Å². The molecule has 0 heterocycles. The normalized spacial score (nSPS) is 18.6. The Labute approximate surface area is 86.9 Å². The SMILES string of the molecule is OC(CBr)c1ccccc1C1CC1. The lowest BCUT2D eigenvalue weighted by atomic mass is 10.00. The van der Waals surface area contributed by atoms with Gasteiger partial charge in [0, 0.05) is 5.33 Å². The molecule has 1 atom stereocenters. The van der Waals surface area contributed by atoms with Crippen molar-refractivity contribution in [3.05, 3.63) is 35.4 Å². The van der Waals surface area contributed by atoms with E-state index in [1.54, 1.807) is 0 Å². The molecule has 1 aliphatic carbocycles. The molecule has 1 aliphatic rings. The standard InChI is InChI=1S/C11H13BrO/c12-7-11(13)10-4-2-1-3-9(10)8-5-6-8/h1-4,8,11,13H,5-7H2. The van der Waals surface area contributed by atoms with E-state index in [9.17, 15) is 5.11 Å². The first-order chi connectivity index (χ1) is 6.33. The molecule has 1 nitrogen and oxygen atoms in total. The van der Waals surface area contributed by atoms with E-state index in [0.717, 1.165) is 5.56 Å². The van der Waals surface area contributed by atoms with Crippen LogP contribution in [0.3, 0.4) is 0 Å². The van der Waals surface area contributed by atoms with Crippen molar-refractivity contribution in [3.63, 3.8) is 0 Å². The van der Waals surface area contributed by atoms with Crippen molar-refractivity contribution < 1.29 is 5.11 Å². The average molecular weight is 241 g/mol. The van der Waals surface area contributed by atoms with Crippen LogP contribution >= 0.6 is 15.9 Å². The van der Waals surface area contributed by atoms with Gasteiger partial charge in [-0.15, -0.1) is 0 Å². The molecule has 0 amide bonds. The maximum absolute atomic E-state index is 9.74. The van der Waals surface area contributed by atoms with E-state index in [4.69, 9.17) is 0 Å². The summed E-state index contributed by atoms with van der Waals surface area (Å²) >= 11 is 3.31. The van der Waals surface area contributed by atoms with Gasteiger partial charge in [-0.3, -0.25) is 0 Å². The summed E-state index contributed by atoms with van der Waals surface area (Å²) in [5.41, 5.74) is 2.44. The molecule has 1 saturated carbocycles. The number of aliphatic hydroxyl groups is 1. The summed E-state index contributed by atoms with van der Waals surface area (Å²) < 4.78 is 0. The highest BCUT2D eigenvalue weighted by Crippen LogP contribution is 2.42. The van der Waals surface area contributed by atoms with Crippen LogP contribution in [0.4, 0.5) is 0 Å². The smallest absolute Gasteiger partial charge is 0.0889 e. The van der Waals surface area contributed by atoms with Crippen molar-refractivity contribution in [2.24, 2.45) is 0 Å². The first-order valence-corrected chi connectivity index (χ1v) is 5.78. The van der Waals surface area contributed by atoms with E-state index >= 15 is 0 Å². The van der Waals surface area contributed by atoms with Gasteiger partial charge in [-0.2, -0.15) is 0 Å². The second-order valence-corrected chi connectivity index (χ2v) is 4.22. The number of hydrogen-bond acceptors (Lipinski definition) is 1. The highest BCUT2D eigenvalue weighted by Gasteiger charge is 2.27. The zero-order valence-electron chi connectivity index (χ0n) is 7.41. The Morgan fingerprint density at radius 3 is 2.69 bits per heavy atom. The molecule has 0 saturated heterocycles. The molecule has 2 rings (SSSR count). The Morgan fingerprint density at radius 1 is 1.38 bits per heavy atom. The molecule has 1 N–H and O–H groups in total. The lowest BCUT2D eigenvalue weighted by Gasteiger charge is -2.12. The third-order valence-corrected chi connectivity index (χ3v) is 3.13. The van der Waals surface area contributed by atoms with Crippen molar-refractivity contribution in [1.29, 1.82) is 0 Å². The quantitative estimate of drug-likeness (QED) is 0.806. The predicted molar refractivity (Wildman–Crippen MR) is 57.2 cm³/mol. The summed E-state index contributed by atoms with van der Waals surface area (Å²) in [4.78, 5) is 0. The van der Waals surface area contributed by atoms with Crippen LogP contribution in [-0.4, -0.2) is 10.4 Å². The van der Waals surface area contributed by atoms with Gasteiger partial charge in [0.2, 0.25) is 0 Å². The summed E-state index contributed by atoms with van der Waals surface area (Å²) in [6, 6.07) is 8.21. The molecule has 2 heteroatoms. The molecule has 0 radical (unpaired) electrons. The molecule has 0 bridgehead atoms. The van der Waals surface area contributed by atoms with E-state index in [1.807, 2.05) is 12.1 Å². The minimum atomic E-state index is -0.350. The molecule has 0 aromatic heterocycles. The van der Waals surface area contributed by atoms with E-state index in [0.29, 0.717) is 11.2 Å². The van der Waals surface area contributed by atoms with Gasteiger partial charge in [-0.05, 0) is 29.9 Å². The van der Waals surface area contributed by atoms with Crippen molar-refractivity contribution in [3.8, 4) is 0 Å². The van der Waals surface area contributed by atoms with E-state index in [2.05, 4.69) is 28.1 Å². The van der Waals surface area contributed by atoms with Crippen LogP contribution in [0.15, 0.2) is 24.3 Å². The van der Waals surface area contributed by atoms with Gasteiger partial charge in [0.05, 0.1) is 6.10 Å². The number of aliphatic hydroxyl groups excluding tert-OH is 1. The number of benzene rings is 1. The minimum Gasteiger partial charge on any atom is -0.388 e. The van der Waals surface area contributed by atoms with Crippen molar-refractivity contribution in [2.45, 2.75) is 24.9 Å². The third kappa shape index (κ3) is 1.94. The van der Waals surface area contributed by atoms with Crippen molar-refractivity contribution in [1.82, 2.24) is 0 Å². The van der Waals surface area contributed by atoms with Crippen molar-refractivity contribution in [2.75, 3.05) is 5.33 Å². The molecule has 1 unspecified atom stereocenters. The van der Waals surface area contributed by atoms with E-state index < -0.39 is 0 Å². The predicted octanol–water partition coefficient (Wildman–Crippen LogP) is 2.99. The van der Waals surface area contributed by atoms with Gasteiger partial charge in [-0.25, -0.2) is 0 Å². The first-order valence-electron chi connectivity index (χ1n) is 4.65. The molecule has 0 spiro atoms. The monoisotopic (exact) mass is 240 g/mol. The van der Waals surface area contributed by atoms with Gasteiger partial charge >= 0.3 is 0 Å². The van der Waals surface area contributed by atoms with Gasteiger partial charge < -0.3 is 5.11 Å². The molecule has 0 aliphatic heterocycles. The Balaban J connectivity index is 2.31. The molecule has 1 fully saturated rings.